The summed E-state index contributed by atoms with van der Waals surface area (Å²) < 4.78 is 1.52. The molecule has 1 aromatic heterocycles. The largest absolute Gasteiger partial charge is 0.346 e. The maximum Gasteiger partial charge on any atom is 0.273 e. The number of amides is 1. The van der Waals surface area contributed by atoms with E-state index >= 15 is 0 Å². The number of hydrogen-bond acceptors (Lipinski definition) is 4. The molecule has 0 saturated heterocycles. The maximum absolute atomic E-state index is 12.0. The third-order valence-electron chi connectivity index (χ3n) is 3.62. The van der Waals surface area contributed by atoms with E-state index in [1.165, 1.54) is 23.9 Å². The summed E-state index contributed by atoms with van der Waals surface area (Å²) in [6, 6.07) is 0.0554. The Bertz CT molecular complexity index is 403. The zero-order chi connectivity index (χ0) is 13.0. The van der Waals surface area contributed by atoms with E-state index in [4.69, 9.17) is 5.73 Å². The fourth-order valence-corrected chi connectivity index (χ4v) is 2.60. The van der Waals surface area contributed by atoms with Gasteiger partial charge >= 0.3 is 0 Å². The number of hydrogen-bond donors (Lipinski definition) is 2. The molecule has 0 aliphatic heterocycles. The smallest absolute Gasteiger partial charge is 0.273 e. The highest BCUT2D eigenvalue weighted by molar-refractivity contribution is 5.92. The van der Waals surface area contributed by atoms with E-state index in [9.17, 15) is 4.79 Å². The standard InChI is InChI=1S/C12H21N5O.ClH/c1-17-8-11(15-16-17)12(18)14-10(7-13)9-5-3-2-4-6-9;/h8-10H,2-7,13H2,1H3,(H,14,18);1H. The van der Waals surface area contributed by atoms with Crippen LogP contribution in [0.15, 0.2) is 6.20 Å². The number of carbonyl (C=O) groups is 1. The van der Waals surface area contributed by atoms with Crippen LogP contribution in [0.4, 0.5) is 0 Å². The second-order valence-corrected chi connectivity index (χ2v) is 4.99. The first-order valence-electron chi connectivity index (χ1n) is 6.58. The predicted octanol–water partition coefficient (Wildman–Crippen LogP) is 0.874. The summed E-state index contributed by atoms with van der Waals surface area (Å²) in [7, 11) is 1.74. The van der Waals surface area contributed by atoms with E-state index in [1.807, 2.05) is 0 Å². The van der Waals surface area contributed by atoms with Gasteiger partial charge < -0.3 is 11.1 Å². The number of aromatic nitrogens is 3. The first-order valence-corrected chi connectivity index (χ1v) is 6.58. The Balaban J connectivity index is 0.00000180. The van der Waals surface area contributed by atoms with Crippen molar-refractivity contribution in [3.8, 4) is 0 Å². The summed E-state index contributed by atoms with van der Waals surface area (Å²) in [6.45, 7) is 0.483. The van der Waals surface area contributed by atoms with Gasteiger partial charge in [-0.05, 0) is 18.8 Å². The summed E-state index contributed by atoms with van der Waals surface area (Å²) in [4.78, 5) is 12.0. The molecule has 1 aliphatic rings. The van der Waals surface area contributed by atoms with Crippen LogP contribution in [0.25, 0.3) is 0 Å². The lowest BCUT2D eigenvalue weighted by atomic mass is 9.84. The van der Waals surface area contributed by atoms with Gasteiger partial charge in [0.2, 0.25) is 0 Å². The Morgan fingerprint density at radius 2 is 2.21 bits per heavy atom. The van der Waals surface area contributed by atoms with Gasteiger partial charge in [-0.1, -0.05) is 24.5 Å². The second-order valence-electron chi connectivity index (χ2n) is 4.99. The summed E-state index contributed by atoms with van der Waals surface area (Å²) in [5.41, 5.74) is 6.13. The van der Waals surface area contributed by atoms with E-state index in [-0.39, 0.29) is 24.4 Å². The fourth-order valence-electron chi connectivity index (χ4n) is 2.60. The van der Waals surface area contributed by atoms with E-state index in [0.717, 1.165) is 12.8 Å². The molecule has 3 N–H and O–H groups in total. The van der Waals surface area contributed by atoms with Crippen LogP contribution in [0, 0.1) is 5.92 Å². The van der Waals surface area contributed by atoms with Gasteiger partial charge in [0.25, 0.3) is 5.91 Å². The Kier molecular flexibility index (Phi) is 6.24. The van der Waals surface area contributed by atoms with Gasteiger partial charge in [0, 0.05) is 19.6 Å². The quantitative estimate of drug-likeness (QED) is 0.860. The van der Waals surface area contributed by atoms with E-state index in [1.54, 1.807) is 13.2 Å². The molecule has 1 aliphatic carbocycles. The van der Waals surface area contributed by atoms with Crippen LogP contribution in [0.3, 0.4) is 0 Å². The lowest BCUT2D eigenvalue weighted by Gasteiger charge is -2.29. The fraction of sp³-hybridized carbons (Fsp3) is 0.750. The van der Waals surface area contributed by atoms with Gasteiger partial charge in [-0.25, -0.2) is 0 Å². The number of aryl methyl sites for hydroxylation is 1. The molecule has 19 heavy (non-hydrogen) atoms. The molecule has 0 radical (unpaired) electrons. The Morgan fingerprint density at radius 1 is 1.53 bits per heavy atom. The highest BCUT2D eigenvalue weighted by atomic mass is 35.5. The molecular formula is C12H22ClN5O. The Hall–Kier alpha value is -1.14. The molecule has 7 heteroatoms. The molecule has 6 nitrogen and oxygen atoms in total. The molecule has 1 aromatic rings. The van der Waals surface area contributed by atoms with Crippen molar-refractivity contribution in [1.82, 2.24) is 20.3 Å². The number of carbonyl (C=O) groups excluding carboxylic acids is 1. The minimum atomic E-state index is -0.177. The van der Waals surface area contributed by atoms with Gasteiger partial charge in [0.05, 0.1) is 6.20 Å². The zero-order valence-corrected chi connectivity index (χ0v) is 12.0. The molecule has 0 spiro atoms. The van der Waals surface area contributed by atoms with Gasteiger partial charge in [-0.2, -0.15) is 0 Å². The van der Waals surface area contributed by atoms with Crippen LogP contribution >= 0.6 is 12.4 Å². The Morgan fingerprint density at radius 3 is 2.74 bits per heavy atom. The van der Waals surface area contributed by atoms with Crippen LogP contribution < -0.4 is 11.1 Å². The average molecular weight is 288 g/mol. The number of rotatable bonds is 4. The number of nitrogens with one attached hydrogen (secondary N) is 1. The van der Waals surface area contributed by atoms with Crippen molar-refractivity contribution in [1.29, 1.82) is 0 Å². The van der Waals surface area contributed by atoms with E-state index in [2.05, 4.69) is 15.6 Å². The number of halogens is 1. The summed E-state index contributed by atoms with van der Waals surface area (Å²) in [5, 5.41) is 10.6. The molecule has 1 saturated carbocycles. The lowest BCUT2D eigenvalue weighted by molar-refractivity contribution is 0.0910. The average Bonchev–Trinajstić information content (AvgIpc) is 2.83. The van der Waals surface area contributed by atoms with Crippen LogP contribution in [0.2, 0.25) is 0 Å². The predicted molar refractivity (Wildman–Crippen MR) is 75.1 cm³/mol. The molecule has 1 fully saturated rings. The summed E-state index contributed by atoms with van der Waals surface area (Å²) in [5.74, 6) is 0.327. The van der Waals surface area contributed by atoms with Crippen molar-refractivity contribution in [2.24, 2.45) is 18.7 Å². The highest BCUT2D eigenvalue weighted by Crippen LogP contribution is 2.26. The van der Waals surface area contributed by atoms with Crippen molar-refractivity contribution in [2.75, 3.05) is 6.54 Å². The van der Waals surface area contributed by atoms with Gasteiger partial charge in [0.1, 0.15) is 0 Å². The number of nitrogens with zero attached hydrogens (tertiary/aromatic N) is 3. The SMILES string of the molecule is Cl.Cn1cc(C(=O)NC(CN)C2CCCCC2)nn1. The van der Waals surface area contributed by atoms with Crippen molar-refractivity contribution in [2.45, 2.75) is 38.1 Å². The topological polar surface area (TPSA) is 85.8 Å². The molecule has 108 valence electrons. The normalized spacial score (nSPS) is 17.6. The Labute approximate surface area is 119 Å². The third-order valence-corrected chi connectivity index (χ3v) is 3.62. The monoisotopic (exact) mass is 287 g/mol. The lowest BCUT2D eigenvalue weighted by Crippen LogP contribution is -2.46. The molecule has 1 unspecified atom stereocenters. The molecule has 0 aromatic carbocycles. The summed E-state index contributed by atoms with van der Waals surface area (Å²) in [6.07, 6.45) is 7.70. The first kappa shape index (κ1) is 15.9. The van der Waals surface area contributed by atoms with Crippen LogP contribution in [0.5, 0.6) is 0 Å². The molecule has 1 heterocycles. The molecule has 0 bridgehead atoms. The third kappa shape index (κ3) is 4.18. The van der Waals surface area contributed by atoms with Crippen molar-refractivity contribution in [3.05, 3.63) is 11.9 Å². The molecule has 1 atom stereocenters. The molecule has 2 rings (SSSR count). The first-order chi connectivity index (χ1) is 8.70. The van der Waals surface area contributed by atoms with Crippen molar-refractivity contribution < 1.29 is 4.79 Å². The van der Waals surface area contributed by atoms with E-state index < -0.39 is 0 Å². The minimum Gasteiger partial charge on any atom is -0.346 e. The van der Waals surface area contributed by atoms with E-state index in [0.29, 0.717) is 18.2 Å². The van der Waals surface area contributed by atoms with Crippen LogP contribution in [0.1, 0.15) is 42.6 Å². The maximum atomic E-state index is 12.0. The van der Waals surface area contributed by atoms with Crippen LogP contribution in [-0.2, 0) is 7.05 Å². The van der Waals surface area contributed by atoms with Crippen LogP contribution in [-0.4, -0.2) is 33.5 Å². The number of nitrogens with two attached hydrogens (primary N) is 1. The van der Waals surface area contributed by atoms with Crippen molar-refractivity contribution >= 4 is 18.3 Å². The zero-order valence-electron chi connectivity index (χ0n) is 11.2. The van der Waals surface area contributed by atoms with Gasteiger partial charge in [0.15, 0.2) is 5.69 Å². The minimum absolute atomic E-state index is 0. The van der Waals surface area contributed by atoms with Gasteiger partial charge in [-0.3, -0.25) is 9.48 Å². The second kappa shape index (κ2) is 7.45. The van der Waals surface area contributed by atoms with Crippen molar-refractivity contribution in [3.63, 3.8) is 0 Å². The summed E-state index contributed by atoms with van der Waals surface area (Å²) >= 11 is 0. The molecular weight excluding hydrogens is 266 g/mol. The van der Waals surface area contributed by atoms with Gasteiger partial charge in [-0.15, -0.1) is 17.5 Å². The molecule has 1 amide bonds. The highest BCUT2D eigenvalue weighted by Gasteiger charge is 2.25.